The average molecular weight is 224 g/mol. The molecular formula is C14H12N2O. The molecule has 17 heavy (non-hydrogen) atoms. The van der Waals surface area contributed by atoms with E-state index in [0.717, 1.165) is 16.8 Å². The van der Waals surface area contributed by atoms with E-state index in [2.05, 4.69) is 21.8 Å². The highest BCUT2D eigenvalue weighted by Crippen LogP contribution is 2.14. The van der Waals surface area contributed by atoms with Gasteiger partial charge in [0, 0.05) is 23.0 Å². The zero-order valence-electron chi connectivity index (χ0n) is 9.51. The van der Waals surface area contributed by atoms with Crippen LogP contribution in [0.2, 0.25) is 0 Å². The van der Waals surface area contributed by atoms with Gasteiger partial charge in [0.2, 0.25) is 0 Å². The monoisotopic (exact) mass is 224 g/mol. The van der Waals surface area contributed by atoms with E-state index in [1.165, 1.54) is 0 Å². The fourth-order valence-corrected chi connectivity index (χ4v) is 1.43. The summed E-state index contributed by atoms with van der Waals surface area (Å²) in [6.45, 7) is 1.81. The lowest BCUT2D eigenvalue weighted by atomic mass is 10.1. The van der Waals surface area contributed by atoms with Crippen LogP contribution in [-0.4, -0.2) is 21.7 Å². The van der Waals surface area contributed by atoms with E-state index in [1.54, 1.807) is 6.20 Å². The molecular weight excluding hydrogens is 212 g/mol. The summed E-state index contributed by atoms with van der Waals surface area (Å²) in [6, 6.07) is 9.50. The largest absolute Gasteiger partial charge is 0.384 e. The first-order valence-corrected chi connectivity index (χ1v) is 5.29. The number of nitrogens with zero attached hydrogens (tertiary/aromatic N) is 2. The lowest BCUT2D eigenvalue weighted by Crippen LogP contribution is -1.90. The molecule has 0 bridgehead atoms. The number of rotatable bonds is 1. The minimum Gasteiger partial charge on any atom is -0.384 e. The van der Waals surface area contributed by atoms with Crippen LogP contribution in [0.15, 0.2) is 36.5 Å². The molecule has 1 heterocycles. The third-order valence-electron chi connectivity index (χ3n) is 2.25. The maximum absolute atomic E-state index is 8.60. The SMILES string of the molecule is Cc1ccnc(-c2ccc(C#CCO)cc2)n1. The van der Waals surface area contributed by atoms with Gasteiger partial charge in [-0.2, -0.15) is 0 Å². The molecule has 0 fully saturated rings. The number of hydrogen-bond acceptors (Lipinski definition) is 3. The van der Waals surface area contributed by atoms with E-state index in [0.29, 0.717) is 5.82 Å². The van der Waals surface area contributed by atoms with Crippen LogP contribution in [0.1, 0.15) is 11.3 Å². The van der Waals surface area contributed by atoms with Crippen molar-refractivity contribution < 1.29 is 5.11 Å². The summed E-state index contributed by atoms with van der Waals surface area (Å²) in [5.74, 6) is 6.17. The molecule has 3 nitrogen and oxygen atoms in total. The van der Waals surface area contributed by atoms with Crippen LogP contribution < -0.4 is 0 Å². The lowest BCUT2D eigenvalue weighted by Gasteiger charge is -2.00. The van der Waals surface area contributed by atoms with Gasteiger partial charge in [0.25, 0.3) is 0 Å². The highest BCUT2D eigenvalue weighted by Gasteiger charge is 2.00. The van der Waals surface area contributed by atoms with Gasteiger partial charge in [-0.3, -0.25) is 0 Å². The number of benzene rings is 1. The van der Waals surface area contributed by atoms with E-state index in [9.17, 15) is 0 Å². The molecule has 0 saturated heterocycles. The van der Waals surface area contributed by atoms with Gasteiger partial charge in [0.05, 0.1) is 0 Å². The van der Waals surface area contributed by atoms with Crippen molar-refractivity contribution in [2.75, 3.05) is 6.61 Å². The van der Waals surface area contributed by atoms with Gasteiger partial charge >= 0.3 is 0 Å². The van der Waals surface area contributed by atoms with Crippen molar-refractivity contribution in [2.24, 2.45) is 0 Å². The minimum atomic E-state index is -0.122. The van der Waals surface area contributed by atoms with Gasteiger partial charge < -0.3 is 5.11 Å². The summed E-state index contributed by atoms with van der Waals surface area (Å²) < 4.78 is 0. The molecule has 84 valence electrons. The molecule has 0 aliphatic carbocycles. The van der Waals surface area contributed by atoms with Crippen molar-refractivity contribution in [2.45, 2.75) is 6.92 Å². The second-order valence-corrected chi connectivity index (χ2v) is 3.56. The molecule has 3 heteroatoms. The Morgan fingerprint density at radius 1 is 1.18 bits per heavy atom. The number of aliphatic hydroxyl groups excluding tert-OH is 1. The summed E-state index contributed by atoms with van der Waals surface area (Å²) in [4.78, 5) is 8.56. The van der Waals surface area contributed by atoms with Crippen LogP contribution in [0.4, 0.5) is 0 Å². The molecule has 0 unspecified atom stereocenters. The van der Waals surface area contributed by atoms with Gasteiger partial charge in [0.15, 0.2) is 5.82 Å². The van der Waals surface area contributed by atoms with E-state index < -0.39 is 0 Å². The molecule has 0 amide bonds. The first-order chi connectivity index (χ1) is 8.29. The Kier molecular flexibility index (Phi) is 3.49. The van der Waals surface area contributed by atoms with Crippen LogP contribution in [-0.2, 0) is 0 Å². The Morgan fingerprint density at radius 2 is 1.94 bits per heavy atom. The van der Waals surface area contributed by atoms with E-state index in [1.807, 2.05) is 37.3 Å². The first-order valence-electron chi connectivity index (χ1n) is 5.29. The Balaban J connectivity index is 2.29. The second-order valence-electron chi connectivity index (χ2n) is 3.56. The quantitative estimate of drug-likeness (QED) is 0.751. The lowest BCUT2D eigenvalue weighted by molar-refractivity contribution is 0.350. The molecule has 0 radical (unpaired) electrons. The van der Waals surface area contributed by atoms with Crippen molar-refractivity contribution in [3.8, 4) is 23.2 Å². The maximum Gasteiger partial charge on any atom is 0.159 e. The molecule has 0 atom stereocenters. The highest BCUT2D eigenvalue weighted by atomic mass is 16.2. The first kappa shape index (κ1) is 11.3. The number of aromatic nitrogens is 2. The van der Waals surface area contributed by atoms with Crippen LogP contribution in [0.25, 0.3) is 11.4 Å². The third kappa shape index (κ3) is 2.90. The normalized spacial score (nSPS) is 9.53. The smallest absolute Gasteiger partial charge is 0.159 e. The van der Waals surface area contributed by atoms with Crippen molar-refractivity contribution in [1.82, 2.24) is 9.97 Å². The average Bonchev–Trinajstić information content (AvgIpc) is 2.37. The summed E-state index contributed by atoms with van der Waals surface area (Å²) in [5.41, 5.74) is 2.78. The van der Waals surface area contributed by atoms with Crippen LogP contribution in [0, 0.1) is 18.8 Å². The second kappa shape index (κ2) is 5.24. The van der Waals surface area contributed by atoms with Gasteiger partial charge in [0.1, 0.15) is 6.61 Å². The fourth-order valence-electron chi connectivity index (χ4n) is 1.43. The van der Waals surface area contributed by atoms with Gasteiger partial charge in [-0.15, -0.1) is 0 Å². The number of aliphatic hydroxyl groups is 1. The number of hydrogen-bond donors (Lipinski definition) is 1. The number of aryl methyl sites for hydroxylation is 1. The summed E-state index contributed by atoms with van der Waals surface area (Å²) >= 11 is 0. The van der Waals surface area contributed by atoms with E-state index >= 15 is 0 Å². The van der Waals surface area contributed by atoms with Gasteiger partial charge in [-0.05, 0) is 37.3 Å². The van der Waals surface area contributed by atoms with Crippen LogP contribution >= 0.6 is 0 Å². The zero-order valence-corrected chi connectivity index (χ0v) is 9.51. The third-order valence-corrected chi connectivity index (χ3v) is 2.25. The molecule has 1 aromatic heterocycles. The van der Waals surface area contributed by atoms with Crippen molar-refractivity contribution in [3.63, 3.8) is 0 Å². The van der Waals surface area contributed by atoms with Crippen molar-refractivity contribution in [1.29, 1.82) is 0 Å². The van der Waals surface area contributed by atoms with Crippen molar-refractivity contribution in [3.05, 3.63) is 47.8 Å². The predicted molar refractivity (Wildman–Crippen MR) is 66.2 cm³/mol. The summed E-state index contributed by atoms with van der Waals surface area (Å²) in [5, 5.41) is 8.60. The zero-order chi connectivity index (χ0) is 12.1. The highest BCUT2D eigenvalue weighted by molar-refractivity contribution is 5.56. The molecule has 2 aromatic rings. The Bertz CT molecular complexity index is 565. The van der Waals surface area contributed by atoms with Gasteiger partial charge in [-0.25, -0.2) is 9.97 Å². The predicted octanol–water partition coefficient (Wildman–Crippen LogP) is 1.80. The van der Waals surface area contributed by atoms with Crippen molar-refractivity contribution >= 4 is 0 Å². The molecule has 0 aliphatic rings. The van der Waals surface area contributed by atoms with E-state index in [4.69, 9.17) is 5.11 Å². The Hall–Kier alpha value is -2.18. The van der Waals surface area contributed by atoms with Crippen LogP contribution in [0.5, 0.6) is 0 Å². The topological polar surface area (TPSA) is 46.0 Å². The minimum absolute atomic E-state index is 0.122. The molecule has 2 rings (SSSR count). The Labute approximate surface area is 100 Å². The molecule has 0 spiro atoms. The summed E-state index contributed by atoms with van der Waals surface area (Å²) in [7, 11) is 0. The molecule has 1 N–H and O–H groups in total. The standard InChI is InChI=1S/C14H12N2O/c1-11-8-9-15-14(16-11)13-6-4-12(5-7-13)3-2-10-17/h4-9,17H,10H2,1H3. The fraction of sp³-hybridized carbons (Fsp3) is 0.143. The van der Waals surface area contributed by atoms with E-state index in [-0.39, 0.29) is 6.61 Å². The molecule has 0 aliphatic heterocycles. The maximum atomic E-state index is 8.60. The van der Waals surface area contributed by atoms with Crippen LogP contribution in [0.3, 0.4) is 0 Å². The Morgan fingerprint density at radius 3 is 2.59 bits per heavy atom. The molecule has 1 aromatic carbocycles. The summed E-state index contributed by atoms with van der Waals surface area (Å²) in [6.07, 6.45) is 1.75. The molecule has 0 saturated carbocycles. The van der Waals surface area contributed by atoms with Gasteiger partial charge in [-0.1, -0.05) is 11.8 Å².